The molecule has 0 saturated heterocycles. The normalized spacial score (nSPS) is 14.6. The summed E-state index contributed by atoms with van der Waals surface area (Å²) in [6.07, 6.45) is 0. The molecule has 0 heterocycles. The number of carbonyl (C=O) groups excluding carboxylic acids is 1. The molecule has 2 N–H and O–H groups in total. The molecule has 0 saturated carbocycles. The molecule has 0 rings (SSSR count). The Morgan fingerprint density at radius 2 is 1.44 bits per heavy atom. The summed E-state index contributed by atoms with van der Waals surface area (Å²) in [7, 11) is -4.27. The minimum atomic E-state index is -5.57. The van der Waals surface area contributed by atoms with Crippen molar-refractivity contribution in [3.8, 4) is 0 Å². The molecule has 166 valence electrons. The minimum Gasteiger partial charge on any atom is -0.469 e. The third-order valence-electron chi connectivity index (χ3n) is 2.51. The van der Waals surface area contributed by atoms with E-state index >= 15 is 0 Å². The first-order chi connectivity index (χ1) is 12.2. The summed E-state index contributed by atoms with van der Waals surface area (Å²) in [4.78, 5) is 10.4. The van der Waals surface area contributed by atoms with Crippen LogP contribution in [0.1, 0.15) is 20.8 Å². The van der Waals surface area contributed by atoms with E-state index in [2.05, 4.69) is 8.92 Å². The first kappa shape index (κ1) is 30.7. The molecule has 0 aliphatic carbocycles. The number of halogens is 5. The van der Waals surface area contributed by atoms with Crippen molar-refractivity contribution < 1.29 is 54.3 Å². The molecule has 0 aromatic rings. The fourth-order valence-corrected chi connectivity index (χ4v) is 1.19. The van der Waals surface area contributed by atoms with E-state index in [-0.39, 0.29) is 31.0 Å². The summed E-state index contributed by atoms with van der Waals surface area (Å²) in [6, 6.07) is 0. The second kappa shape index (κ2) is 16.0. The number of hydrogen-bond donors (Lipinski definition) is 2. The van der Waals surface area contributed by atoms with E-state index in [0.717, 1.165) is 0 Å². The summed E-state index contributed by atoms with van der Waals surface area (Å²) in [6.45, 7) is 2.13. The summed E-state index contributed by atoms with van der Waals surface area (Å²) in [5.74, 6) is -1.81. The summed E-state index contributed by atoms with van der Waals surface area (Å²) < 4.78 is 85.9. The molecule has 0 aromatic carbocycles. The molecule has 0 radical (unpaired) electrons. The molecule has 0 amide bonds. The van der Waals surface area contributed by atoms with E-state index < -0.39 is 41.5 Å². The second-order valence-electron chi connectivity index (χ2n) is 5.49. The number of esters is 1. The topological polar surface area (TPSA) is 110 Å². The number of rotatable bonds is 8. The van der Waals surface area contributed by atoms with E-state index in [1.807, 2.05) is 0 Å². The van der Waals surface area contributed by atoms with Crippen molar-refractivity contribution in [3.05, 3.63) is 0 Å². The zero-order valence-electron chi connectivity index (χ0n) is 15.5. The van der Waals surface area contributed by atoms with Gasteiger partial charge < -0.3 is 14.9 Å². The van der Waals surface area contributed by atoms with Gasteiger partial charge in [0.15, 0.2) is 0 Å². The van der Waals surface area contributed by atoms with Crippen molar-refractivity contribution in [2.75, 3.05) is 40.3 Å². The van der Waals surface area contributed by atoms with E-state index in [0.29, 0.717) is 0 Å². The Bertz CT molecular complexity index is 467. The van der Waals surface area contributed by atoms with Crippen molar-refractivity contribution in [2.45, 2.75) is 26.3 Å². The molecular weight excluding hydrogens is 407 g/mol. The van der Waals surface area contributed by atoms with Crippen LogP contribution < -0.4 is 0 Å². The lowest BCUT2D eigenvalue weighted by Gasteiger charge is -2.10. The Balaban J connectivity index is -0.000000351. The van der Waals surface area contributed by atoms with Gasteiger partial charge in [0.1, 0.15) is 0 Å². The van der Waals surface area contributed by atoms with Crippen LogP contribution in [0, 0.1) is 17.8 Å². The number of aliphatic hydroxyl groups excluding tert-OH is 2. The predicted molar refractivity (Wildman–Crippen MR) is 86.6 cm³/mol. The average Bonchev–Trinajstić information content (AvgIpc) is 2.63. The molecule has 27 heavy (non-hydrogen) atoms. The minimum absolute atomic E-state index is 0.0451. The lowest BCUT2D eigenvalue weighted by Crippen LogP contribution is -2.27. The lowest BCUT2D eigenvalue weighted by molar-refractivity contribution is -0.146. The van der Waals surface area contributed by atoms with Crippen LogP contribution in [-0.4, -0.2) is 70.4 Å². The van der Waals surface area contributed by atoms with Crippen LogP contribution in [0.2, 0.25) is 0 Å². The van der Waals surface area contributed by atoms with Gasteiger partial charge in [-0.25, -0.2) is 0 Å². The van der Waals surface area contributed by atoms with Gasteiger partial charge >= 0.3 is 21.6 Å². The molecule has 7 nitrogen and oxygen atoms in total. The fourth-order valence-electron chi connectivity index (χ4n) is 0.642. The maximum Gasteiger partial charge on any atom is 0.523 e. The summed E-state index contributed by atoms with van der Waals surface area (Å²) in [5.41, 5.74) is -5.44. The van der Waals surface area contributed by atoms with Crippen LogP contribution in [0.3, 0.4) is 0 Å². The molecule has 0 aliphatic heterocycles. The summed E-state index contributed by atoms with van der Waals surface area (Å²) >= 11 is 0. The third kappa shape index (κ3) is 16.8. The zero-order valence-corrected chi connectivity index (χ0v) is 16.3. The molecule has 0 aromatic heterocycles. The Morgan fingerprint density at radius 3 is 1.63 bits per heavy atom. The number of carbonyl (C=O) groups is 1. The molecule has 0 aliphatic rings. The van der Waals surface area contributed by atoms with Gasteiger partial charge in [0.2, 0.25) is 0 Å². The van der Waals surface area contributed by atoms with E-state index in [1.54, 1.807) is 13.8 Å². The molecule has 0 unspecified atom stereocenters. The Kier molecular flexibility index (Phi) is 18.1. The molecule has 0 spiro atoms. The standard InChI is InChI=1S/C5H8F4O3S.C5H10O3.C4H9FO/c1-4(2-6)3-12-13(10,11)5(7,8)9;1-4(3-6)5(7)8-2;1-4(2-5)3-6/h4H,2-3H2,1H3;4,6H,3H2,1-2H3;4,6H,2-3H2,1H3/t3*4-/m111/s1. The van der Waals surface area contributed by atoms with Crippen LogP contribution in [-0.2, 0) is 23.8 Å². The van der Waals surface area contributed by atoms with Gasteiger partial charge in [-0.2, -0.15) is 21.6 Å². The van der Waals surface area contributed by atoms with E-state index in [1.165, 1.54) is 14.0 Å². The van der Waals surface area contributed by atoms with Crippen molar-refractivity contribution in [1.29, 1.82) is 0 Å². The average molecular weight is 434 g/mol. The van der Waals surface area contributed by atoms with Crippen molar-refractivity contribution in [3.63, 3.8) is 0 Å². The highest BCUT2D eigenvalue weighted by molar-refractivity contribution is 7.87. The molecular formula is C14H27F5O7S. The van der Waals surface area contributed by atoms with Crippen LogP contribution in [0.25, 0.3) is 0 Å². The van der Waals surface area contributed by atoms with Crippen molar-refractivity contribution in [2.24, 2.45) is 17.8 Å². The molecule has 0 bridgehead atoms. The number of ether oxygens (including phenoxy) is 1. The maximum atomic E-state index is 11.7. The highest BCUT2D eigenvalue weighted by Gasteiger charge is 2.47. The van der Waals surface area contributed by atoms with E-state index in [4.69, 9.17) is 10.2 Å². The van der Waals surface area contributed by atoms with Gasteiger partial charge in [-0.1, -0.05) is 13.8 Å². The smallest absolute Gasteiger partial charge is 0.469 e. The Labute approximate surface area is 155 Å². The molecule has 0 fully saturated rings. The lowest BCUT2D eigenvalue weighted by atomic mass is 10.2. The first-order valence-electron chi connectivity index (χ1n) is 7.61. The monoisotopic (exact) mass is 434 g/mol. The van der Waals surface area contributed by atoms with Gasteiger partial charge in [0.05, 0.1) is 39.6 Å². The highest BCUT2D eigenvalue weighted by Crippen LogP contribution is 2.24. The summed E-state index contributed by atoms with van der Waals surface area (Å²) in [5, 5.41) is 16.4. The van der Waals surface area contributed by atoms with Crippen LogP contribution in [0.15, 0.2) is 0 Å². The van der Waals surface area contributed by atoms with Crippen LogP contribution >= 0.6 is 0 Å². The van der Waals surface area contributed by atoms with Gasteiger partial charge in [0, 0.05) is 18.4 Å². The number of hydrogen-bond acceptors (Lipinski definition) is 7. The van der Waals surface area contributed by atoms with E-state index in [9.17, 15) is 35.2 Å². The number of aliphatic hydroxyl groups is 2. The Hall–Kier alpha value is -1.05. The van der Waals surface area contributed by atoms with Gasteiger partial charge in [-0.3, -0.25) is 17.8 Å². The fraction of sp³-hybridized carbons (Fsp3) is 0.929. The van der Waals surface area contributed by atoms with Crippen LogP contribution in [0.5, 0.6) is 0 Å². The second-order valence-corrected chi connectivity index (χ2v) is 7.10. The largest absolute Gasteiger partial charge is 0.523 e. The highest BCUT2D eigenvalue weighted by atomic mass is 32.2. The van der Waals surface area contributed by atoms with Gasteiger partial charge in [-0.15, -0.1) is 0 Å². The van der Waals surface area contributed by atoms with Crippen molar-refractivity contribution >= 4 is 16.1 Å². The molecule has 3 atom stereocenters. The molecule has 13 heteroatoms. The Morgan fingerprint density at radius 1 is 1.00 bits per heavy atom. The number of methoxy groups -OCH3 is 1. The SMILES string of the molecule is COC(=O)[C@H](C)CO.C[C@@H](CO)CF.C[C@H](CF)COS(=O)(=O)C(F)(F)F. The maximum absolute atomic E-state index is 11.7. The van der Waals surface area contributed by atoms with Gasteiger partial charge in [-0.05, 0) is 6.92 Å². The third-order valence-corrected chi connectivity index (χ3v) is 3.52. The number of alkyl halides is 5. The zero-order chi connectivity index (χ0) is 22.3. The van der Waals surface area contributed by atoms with Crippen LogP contribution in [0.4, 0.5) is 22.0 Å². The van der Waals surface area contributed by atoms with Crippen molar-refractivity contribution in [1.82, 2.24) is 0 Å². The quantitative estimate of drug-likeness (QED) is 0.260. The van der Waals surface area contributed by atoms with Gasteiger partial charge in [0.25, 0.3) is 0 Å². The predicted octanol–water partition coefficient (Wildman–Crippen LogP) is 1.83. The first-order valence-corrected chi connectivity index (χ1v) is 9.01.